The van der Waals surface area contributed by atoms with Crippen molar-refractivity contribution in [1.29, 1.82) is 0 Å². The van der Waals surface area contributed by atoms with Crippen LogP contribution >= 0.6 is 0 Å². The van der Waals surface area contributed by atoms with Crippen LogP contribution in [0.2, 0.25) is 0 Å². The fourth-order valence-electron chi connectivity index (χ4n) is 2.25. The zero-order valence-electron chi connectivity index (χ0n) is 13.8. The van der Waals surface area contributed by atoms with Crippen molar-refractivity contribution in [3.05, 3.63) is 35.4 Å². The van der Waals surface area contributed by atoms with Crippen molar-refractivity contribution in [3.63, 3.8) is 0 Å². The molecule has 9 heteroatoms. The molecule has 0 bridgehead atoms. The molecule has 142 valence electrons. The molecular weight excluding hydrogens is 352 g/mol. The maximum Gasteiger partial charge on any atom is 0.425 e. The van der Waals surface area contributed by atoms with Crippen molar-refractivity contribution in [3.8, 4) is 0 Å². The number of benzene rings is 1. The summed E-state index contributed by atoms with van der Waals surface area (Å²) in [5, 5.41) is 0. The van der Waals surface area contributed by atoms with Gasteiger partial charge in [0, 0.05) is 6.42 Å². The Morgan fingerprint density at radius 1 is 1.12 bits per heavy atom. The lowest BCUT2D eigenvalue weighted by Gasteiger charge is -2.23. The van der Waals surface area contributed by atoms with Crippen LogP contribution in [0.4, 0.5) is 26.3 Å². The van der Waals surface area contributed by atoms with Gasteiger partial charge < -0.3 is 9.64 Å². The first kappa shape index (κ1) is 21.3. The number of quaternary nitrogens is 1. The summed E-state index contributed by atoms with van der Waals surface area (Å²) in [6.45, 7) is 4.99. The number of hydrogen-bond acceptors (Lipinski definition) is 2. The summed E-state index contributed by atoms with van der Waals surface area (Å²) in [6, 6.07) is 3.13. The summed E-state index contributed by atoms with van der Waals surface area (Å²) >= 11 is 0. The van der Waals surface area contributed by atoms with Gasteiger partial charge in [-0.05, 0) is 32.0 Å². The van der Waals surface area contributed by atoms with Crippen molar-refractivity contribution < 1.29 is 40.8 Å². The van der Waals surface area contributed by atoms with Crippen molar-refractivity contribution in [2.45, 2.75) is 38.7 Å². The lowest BCUT2D eigenvalue weighted by Crippen LogP contribution is -3.11. The monoisotopic (exact) mass is 372 g/mol. The molecule has 1 rings (SSSR count). The molecule has 0 saturated carbocycles. The first-order valence-electron chi connectivity index (χ1n) is 7.77. The van der Waals surface area contributed by atoms with Gasteiger partial charge in [-0.1, -0.05) is 6.07 Å². The van der Waals surface area contributed by atoms with E-state index in [1.54, 1.807) is 0 Å². The summed E-state index contributed by atoms with van der Waals surface area (Å²) in [7, 11) is 0. The Balaban J connectivity index is 2.88. The molecule has 1 N–H and O–H groups in total. The fourth-order valence-corrected chi connectivity index (χ4v) is 2.25. The third kappa shape index (κ3) is 6.56. The van der Waals surface area contributed by atoms with Crippen molar-refractivity contribution in [1.82, 2.24) is 0 Å². The van der Waals surface area contributed by atoms with Crippen LogP contribution in [0.5, 0.6) is 0 Å². The lowest BCUT2D eigenvalue weighted by molar-refractivity contribution is -0.897. The van der Waals surface area contributed by atoms with Crippen LogP contribution in [0.25, 0.3) is 0 Å². The van der Waals surface area contributed by atoms with E-state index in [1.165, 1.54) is 0 Å². The van der Waals surface area contributed by atoms with Crippen LogP contribution in [0.3, 0.4) is 0 Å². The predicted molar refractivity (Wildman–Crippen MR) is 78.2 cm³/mol. The Morgan fingerprint density at radius 3 is 2.20 bits per heavy atom. The zero-order chi connectivity index (χ0) is 19.3. The quantitative estimate of drug-likeness (QED) is 0.589. The molecule has 0 saturated heterocycles. The standard InChI is InChI=1S/C16H19F6NO2/c1-3-23(4-2)9-8-13(16(20,21)22)25-14(24)11-6-5-7-12(10-11)15(17,18)19/h5-7,10,13H,3-4,8-9H2,1-2H3/p+1/t13-/m1/s1. The number of hydrogen-bond donors (Lipinski definition) is 1. The Kier molecular flexibility index (Phi) is 7.28. The van der Waals surface area contributed by atoms with Crippen molar-refractivity contribution in [2.75, 3.05) is 19.6 Å². The van der Waals surface area contributed by atoms with E-state index in [9.17, 15) is 31.1 Å². The van der Waals surface area contributed by atoms with Gasteiger partial charge in [0.25, 0.3) is 0 Å². The summed E-state index contributed by atoms with van der Waals surface area (Å²) in [5.41, 5.74) is -1.70. The van der Waals surface area contributed by atoms with E-state index in [2.05, 4.69) is 4.74 Å². The number of nitrogens with one attached hydrogen (secondary N) is 1. The maximum absolute atomic E-state index is 13.1. The van der Waals surface area contributed by atoms with Gasteiger partial charge in [0.15, 0.2) is 0 Å². The minimum Gasteiger partial charge on any atom is -0.449 e. The van der Waals surface area contributed by atoms with Gasteiger partial charge in [0.05, 0.1) is 30.8 Å². The van der Waals surface area contributed by atoms with Gasteiger partial charge in [0.1, 0.15) is 0 Å². The molecule has 0 radical (unpaired) electrons. The van der Waals surface area contributed by atoms with Crippen LogP contribution in [-0.2, 0) is 10.9 Å². The van der Waals surface area contributed by atoms with Gasteiger partial charge in [0.2, 0.25) is 6.10 Å². The highest BCUT2D eigenvalue weighted by atomic mass is 19.4. The highest BCUT2D eigenvalue weighted by Gasteiger charge is 2.43. The minimum atomic E-state index is -4.79. The average molecular weight is 372 g/mol. The number of esters is 1. The van der Waals surface area contributed by atoms with Gasteiger partial charge in [-0.3, -0.25) is 0 Å². The number of carbonyl (C=O) groups excluding carboxylic acids is 1. The number of halogens is 6. The lowest BCUT2D eigenvalue weighted by atomic mass is 10.1. The zero-order valence-corrected chi connectivity index (χ0v) is 13.8. The van der Waals surface area contributed by atoms with E-state index in [-0.39, 0.29) is 6.54 Å². The number of alkyl halides is 6. The molecule has 0 aliphatic rings. The first-order valence-corrected chi connectivity index (χ1v) is 7.77. The highest BCUT2D eigenvalue weighted by molar-refractivity contribution is 5.89. The van der Waals surface area contributed by atoms with Gasteiger partial charge in [-0.2, -0.15) is 26.3 Å². The average Bonchev–Trinajstić information content (AvgIpc) is 2.52. The summed E-state index contributed by atoms with van der Waals surface area (Å²) < 4.78 is 81.5. The molecule has 3 nitrogen and oxygen atoms in total. The molecule has 1 aromatic rings. The fraction of sp³-hybridized carbons (Fsp3) is 0.562. The minimum absolute atomic E-state index is 0.132. The molecule has 0 spiro atoms. The maximum atomic E-state index is 13.1. The molecule has 0 aliphatic carbocycles. The molecule has 0 amide bonds. The van der Waals surface area contributed by atoms with Gasteiger partial charge in [-0.15, -0.1) is 0 Å². The highest BCUT2D eigenvalue weighted by Crippen LogP contribution is 2.30. The molecule has 0 fully saturated rings. The molecule has 0 heterocycles. The van der Waals surface area contributed by atoms with Crippen LogP contribution < -0.4 is 4.90 Å². The number of ether oxygens (including phenoxy) is 1. The van der Waals surface area contributed by atoms with Crippen LogP contribution in [-0.4, -0.2) is 37.9 Å². The second-order valence-electron chi connectivity index (χ2n) is 5.51. The van der Waals surface area contributed by atoms with Crippen molar-refractivity contribution >= 4 is 5.97 Å². The molecule has 0 aromatic heterocycles. The van der Waals surface area contributed by atoms with E-state index >= 15 is 0 Å². The summed E-state index contributed by atoms with van der Waals surface area (Å²) in [4.78, 5) is 12.8. The molecule has 0 unspecified atom stereocenters. The number of carbonyl (C=O) groups is 1. The molecular formula is C16H20F6NO2+. The second-order valence-corrected chi connectivity index (χ2v) is 5.51. The summed E-state index contributed by atoms with van der Waals surface area (Å²) in [5.74, 6) is -1.43. The van der Waals surface area contributed by atoms with Crippen molar-refractivity contribution in [2.24, 2.45) is 0 Å². The molecule has 0 aliphatic heterocycles. The third-order valence-corrected chi connectivity index (χ3v) is 3.80. The van der Waals surface area contributed by atoms with Crippen LogP contribution in [0.1, 0.15) is 36.2 Å². The van der Waals surface area contributed by atoms with E-state index in [0.29, 0.717) is 19.2 Å². The smallest absolute Gasteiger partial charge is 0.425 e. The molecule has 1 atom stereocenters. The van der Waals surface area contributed by atoms with Gasteiger partial charge >= 0.3 is 18.3 Å². The predicted octanol–water partition coefficient (Wildman–Crippen LogP) is 3.11. The second kappa shape index (κ2) is 8.55. The van der Waals surface area contributed by atoms with Crippen LogP contribution in [0.15, 0.2) is 24.3 Å². The molecule has 1 aromatic carbocycles. The summed E-state index contributed by atoms with van der Waals surface area (Å²) in [6.07, 6.45) is -12.3. The Morgan fingerprint density at radius 2 is 1.72 bits per heavy atom. The van der Waals surface area contributed by atoms with E-state index in [1.807, 2.05) is 13.8 Å². The van der Waals surface area contributed by atoms with Crippen LogP contribution in [0, 0.1) is 0 Å². The largest absolute Gasteiger partial charge is 0.449 e. The SMILES string of the molecule is CC[NH+](CC)CC[C@@H](OC(=O)c1cccc(C(F)(F)F)c1)C(F)(F)F. The Hall–Kier alpha value is -1.77. The van der Waals surface area contributed by atoms with E-state index in [0.717, 1.165) is 23.1 Å². The van der Waals surface area contributed by atoms with E-state index < -0.39 is 42.0 Å². The van der Waals surface area contributed by atoms with Gasteiger partial charge in [-0.25, -0.2) is 4.79 Å². The Labute approximate surface area is 141 Å². The number of rotatable bonds is 7. The molecule has 25 heavy (non-hydrogen) atoms. The first-order chi connectivity index (χ1) is 11.5. The third-order valence-electron chi connectivity index (χ3n) is 3.80. The van der Waals surface area contributed by atoms with E-state index in [4.69, 9.17) is 0 Å². The topological polar surface area (TPSA) is 30.7 Å². The Bertz CT molecular complexity index is 566. The normalized spacial score (nSPS) is 13.8.